The third kappa shape index (κ3) is 2.94. The molecule has 4 N–H and O–H groups in total. The lowest BCUT2D eigenvalue weighted by molar-refractivity contribution is 0.0718. The van der Waals surface area contributed by atoms with Crippen LogP contribution in [-0.4, -0.2) is 23.2 Å². The predicted octanol–water partition coefficient (Wildman–Crippen LogP) is 1.96. The van der Waals surface area contributed by atoms with Gasteiger partial charge in [0, 0.05) is 10.7 Å². The first-order chi connectivity index (χ1) is 8.58. The number of carbonyl (C=O) groups is 1. The Morgan fingerprint density at radius 1 is 1.39 bits per heavy atom. The van der Waals surface area contributed by atoms with E-state index in [1.165, 1.54) is 0 Å². The first-order valence-corrected chi connectivity index (χ1v) is 6.49. The molecule has 0 bridgehead atoms. The summed E-state index contributed by atoms with van der Waals surface area (Å²) in [6.45, 7) is 0. The van der Waals surface area contributed by atoms with Crippen molar-refractivity contribution in [1.82, 2.24) is 5.32 Å². The molecule has 5 heteroatoms. The summed E-state index contributed by atoms with van der Waals surface area (Å²) in [4.78, 5) is 12.0. The first-order valence-electron chi connectivity index (χ1n) is 6.12. The molecule has 0 unspecified atom stereocenters. The van der Waals surface area contributed by atoms with Crippen molar-refractivity contribution >= 4 is 23.2 Å². The number of benzene rings is 1. The van der Waals surface area contributed by atoms with E-state index >= 15 is 0 Å². The highest BCUT2D eigenvalue weighted by Crippen LogP contribution is 2.21. The highest BCUT2D eigenvalue weighted by Gasteiger charge is 2.25. The number of amides is 1. The molecule has 1 saturated carbocycles. The number of carbonyl (C=O) groups excluding carboxylic acids is 1. The Kier molecular flexibility index (Phi) is 4.09. The van der Waals surface area contributed by atoms with E-state index in [9.17, 15) is 9.90 Å². The maximum absolute atomic E-state index is 12.0. The molecule has 18 heavy (non-hydrogen) atoms. The number of hydrogen-bond acceptors (Lipinski definition) is 3. The average molecular weight is 269 g/mol. The van der Waals surface area contributed by atoms with Crippen LogP contribution in [-0.2, 0) is 0 Å². The van der Waals surface area contributed by atoms with Gasteiger partial charge < -0.3 is 16.2 Å². The van der Waals surface area contributed by atoms with Gasteiger partial charge in [0.15, 0.2) is 0 Å². The lowest BCUT2D eigenvalue weighted by Gasteiger charge is -2.28. The Hall–Kier alpha value is -1.26. The summed E-state index contributed by atoms with van der Waals surface area (Å²) < 4.78 is 0. The van der Waals surface area contributed by atoms with E-state index in [4.69, 9.17) is 17.3 Å². The number of aliphatic hydroxyl groups is 1. The topological polar surface area (TPSA) is 75.4 Å². The molecular weight excluding hydrogens is 252 g/mol. The van der Waals surface area contributed by atoms with E-state index in [0.29, 0.717) is 16.3 Å². The zero-order chi connectivity index (χ0) is 13.1. The Bertz CT molecular complexity index is 451. The first kappa shape index (κ1) is 13.2. The van der Waals surface area contributed by atoms with Crippen molar-refractivity contribution in [2.45, 2.75) is 37.8 Å². The van der Waals surface area contributed by atoms with Gasteiger partial charge in [0.2, 0.25) is 0 Å². The fraction of sp³-hybridized carbons (Fsp3) is 0.462. The van der Waals surface area contributed by atoms with Crippen LogP contribution in [0.2, 0.25) is 5.02 Å². The predicted molar refractivity (Wildman–Crippen MR) is 71.6 cm³/mol. The van der Waals surface area contributed by atoms with Crippen LogP contribution in [0, 0.1) is 0 Å². The van der Waals surface area contributed by atoms with Gasteiger partial charge in [-0.2, -0.15) is 0 Å². The number of nitrogens with two attached hydrogens (primary N) is 1. The van der Waals surface area contributed by atoms with E-state index in [-0.39, 0.29) is 11.9 Å². The van der Waals surface area contributed by atoms with Crippen LogP contribution >= 0.6 is 11.6 Å². The van der Waals surface area contributed by atoms with E-state index in [1.54, 1.807) is 18.2 Å². The van der Waals surface area contributed by atoms with Crippen molar-refractivity contribution in [1.29, 1.82) is 0 Å². The minimum atomic E-state index is -0.462. The van der Waals surface area contributed by atoms with Crippen LogP contribution in [0.3, 0.4) is 0 Å². The van der Waals surface area contributed by atoms with E-state index in [2.05, 4.69) is 5.32 Å². The van der Waals surface area contributed by atoms with Crippen molar-refractivity contribution in [3.63, 3.8) is 0 Å². The molecular formula is C13H17ClN2O2. The summed E-state index contributed by atoms with van der Waals surface area (Å²) in [5.74, 6) is -0.255. The molecule has 0 aromatic heterocycles. The molecule has 0 spiro atoms. The van der Waals surface area contributed by atoms with E-state index in [0.717, 1.165) is 25.7 Å². The van der Waals surface area contributed by atoms with Gasteiger partial charge in [-0.3, -0.25) is 4.79 Å². The Balaban J connectivity index is 2.07. The smallest absolute Gasteiger partial charge is 0.253 e. The summed E-state index contributed by atoms with van der Waals surface area (Å²) in [6, 6.07) is 4.60. The maximum atomic E-state index is 12.0. The zero-order valence-electron chi connectivity index (χ0n) is 10.0. The fourth-order valence-corrected chi connectivity index (χ4v) is 2.45. The minimum absolute atomic E-state index is 0.179. The highest BCUT2D eigenvalue weighted by atomic mass is 35.5. The van der Waals surface area contributed by atoms with Gasteiger partial charge in [-0.1, -0.05) is 24.4 Å². The maximum Gasteiger partial charge on any atom is 0.253 e. The molecule has 0 saturated heterocycles. The summed E-state index contributed by atoms with van der Waals surface area (Å²) in [7, 11) is 0. The number of aliphatic hydroxyl groups excluding tert-OH is 1. The normalized spacial score (nSPS) is 23.7. The molecule has 0 aliphatic heterocycles. The molecule has 1 aromatic rings. The van der Waals surface area contributed by atoms with E-state index < -0.39 is 6.10 Å². The second-order valence-electron chi connectivity index (χ2n) is 4.66. The molecule has 1 aromatic carbocycles. The van der Waals surface area contributed by atoms with Gasteiger partial charge in [-0.25, -0.2) is 0 Å². The molecule has 4 nitrogen and oxygen atoms in total. The lowest BCUT2D eigenvalue weighted by Crippen LogP contribution is -2.45. The van der Waals surface area contributed by atoms with Gasteiger partial charge in [-0.05, 0) is 31.0 Å². The van der Waals surface area contributed by atoms with Crippen molar-refractivity contribution in [3.05, 3.63) is 28.8 Å². The molecule has 2 atom stereocenters. The van der Waals surface area contributed by atoms with Gasteiger partial charge >= 0.3 is 0 Å². The number of nitrogens with one attached hydrogen (secondary N) is 1. The fourth-order valence-electron chi connectivity index (χ4n) is 2.27. The summed E-state index contributed by atoms with van der Waals surface area (Å²) in [5.41, 5.74) is 6.51. The number of nitrogen functional groups attached to an aromatic ring is 1. The zero-order valence-corrected chi connectivity index (χ0v) is 10.8. The molecule has 0 radical (unpaired) electrons. The van der Waals surface area contributed by atoms with Crippen molar-refractivity contribution in [2.24, 2.45) is 0 Å². The third-order valence-corrected chi connectivity index (χ3v) is 3.54. The largest absolute Gasteiger partial charge is 0.398 e. The van der Waals surface area contributed by atoms with Gasteiger partial charge in [0.1, 0.15) is 0 Å². The summed E-state index contributed by atoms with van der Waals surface area (Å²) in [5, 5.41) is 13.1. The summed E-state index contributed by atoms with van der Waals surface area (Å²) in [6.07, 6.45) is 3.12. The standard InChI is InChI=1S/C13H17ClN2O2/c14-8-5-6-9(10(15)7-8)13(18)16-11-3-1-2-4-12(11)17/h5-7,11-12,17H,1-4,15H2,(H,16,18)/t11-,12-/m1/s1. The Morgan fingerprint density at radius 2 is 2.11 bits per heavy atom. The van der Waals surface area contributed by atoms with Crippen LogP contribution in [0.1, 0.15) is 36.0 Å². The van der Waals surface area contributed by atoms with Crippen LogP contribution in [0.4, 0.5) is 5.69 Å². The quantitative estimate of drug-likeness (QED) is 0.718. The monoisotopic (exact) mass is 268 g/mol. The molecule has 1 amide bonds. The minimum Gasteiger partial charge on any atom is -0.398 e. The van der Waals surface area contributed by atoms with E-state index in [1.807, 2.05) is 0 Å². The number of anilines is 1. The van der Waals surface area contributed by atoms with Crippen molar-refractivity contribution in [2.75, 3.05) is 5.73 Å². The van der Waals surface area contributed by atoms with Crippen LogP contribution in [0.5, 0.6) is 0 Å². The van der Waals surface area contributed by atoms with Gasteiger partial charge in [-0.15, -0.1) is 0 Å². The van der Waals surface area contributed by atoms with Gasteiger partial charge in [0.25, 0.3) is 5.91 Å². The Morgan fingerprint density at radius 3 is 2.78 bits per heavy atom. The molecule has 0 heterocycles. The van der Waals surface area contributed by atoms with Crippen LogP contribution < -0.4 is 11.1 Å². The highest BCUT2D eigenvalue weighted by molar-refractivity contribution is 6.31. The second-order valence-corrected chi connectivity index (χ2v) is 5.10. The number of halogens is 1. The SMILES string of the molecule is Nc1cc(Cl)ccc1C(=O)N[C@@H]1CCCC[C@H]1O. The second kappa shape index (κ2) is 5.59. The number of rotatable bonds is 2. The van der Waals surface area contributed by atoms with Crippen molar-refractivity contribution in [3.8, 4) is 0 Å². The summed E-state index contributed by atoms with van der Waals surface area (Å²) >= 11 is 5.78. The van der Waals surface area contributed by atoms with Crippen molar-refractivity contribution < 1.29 is 9.90 Å². The molecule has 98 valence electrons. The van der Waals surface area contributed by atoms with Gasteiger partial charge in [0.05, 0.1) is 17.7 Å². The lowest BCUT2D eigenvalue weighted by atomic mass is 9.92. The van der Waals surface area contributed by atoms with Crippen LogP contribution in [0.25, 0.3) is 0 Å². The Labute approximate surface area is 111 Å². The average Bonchev–Trinajstić information content (AvgIpc) is 2.32. The molecule has 2 rings (SSSR count). The third-order valence-electron chi connectivity index (χ3n) is 3.30. The molecule has 1 aliphatic carbocycles. The molecule has 1 aliphatic rings. The molecule has 1 fully saturated rings. The number of hydrogen-bond donors (Lipinski definition) is 3. The van der Waals surface area contributed by atoms with Crippen LogP contribution in [0.15, 0.2) is 18.2 Å².